The highest BCUT2D eigenvalue weighted by Crippen LogP contribution is 2.43. The van der Waals surface area contributed by atoms with Gasteiger partial charge in [0.1, 0.15) is 6.61 Å². The lowest BCUT2D eigenvalue weighted by atomic mass is 9.94. The fraction of sp³-hybridized carbons (Fsp3) is 0.227. The Bertz CT molecular complexity index is 1130. The summed E-state index contributed by atoms with van der Waals surface area (Å²) in [5, 5.41) is 11.4. The number of amidine groups is 1. The van der Waals surface area contributed by atoms with E-state index in [1.54, 1.807) is 19.9 Å². The molecule has 1 saturated heterocycles. The van der Waals surface area contributed by atoms with E-state index in [0.717, 1.165) is 5.56 Å². The summed E-state index contributed by atoms with van der Waals surface area (Å²) in [5.74, 6) is -0.820. The molecule has 158 valence electrons. The van der Waals surface area contributed by atoms with Gasteiger partial charge in [-0.3, -0.25) is 19.8 Å². The number of nitrogens with zero attached hydrogens (tertiary/aromatic N) is 3. The number of allylic oxidation sites excluding steroid dienone is 1. The quantitative estimate of drug-likeness (QED) is 0.398. The largest absolute Gasteiger partial charge is 0.457 e. The van der Waals surface area contributed by atoms with Crippen LogP contribution < -0.4 is 0 Å². The van der Waals surface area contributed by atoms with Gasteiger partial charge in [-0.05, 0) is 25.0 Å². The van der Waals surface area contributed by atoms with Gasteiger partial charge in [-0.25, -0.2) is 9.79 Å². The second-order valence-corrected chi connectivity index (χ2v) is 8.49. The maximum Gasteiger partial charge on any atom is 0.338 e. The van der Waals surface area contributed by atoms with Crippen molar-refractivity contribution in [1.82, 2.24) is 4.90 Å². The number of ether oxygens (including phenoxy) is 1. The van der Waals surface area contributed by atoms with Crippen LogP contribution in [0.2, 0.25) is 0 Å². The third kappa shape index (κ3) is 3.96. The Morgan fingerprint density at radius 3 is 2.68 bits per heavy atom. The molecular formula is C22H19N3O5S. The van der Waals surface area contributed by atoms with E-state index >= 15 is 0 Å². The molecule has 0 N–H and O–H groups in total. The van der Waals surface area contributed by atoms with E-state index < -0.39 is 16.9 Å². The molecule has 0 unspecified atom stereocenters. The van der Waals surface area contributed by atoms with Crippen LogP contribution in [0.25, 0.3) is 0 Å². The molecule has 31 heavy (non-hydrogen) atoms. The van der Waals surface area contributed by atoms with E-state index in [1.165, 1.54) is 34.9 Å². The summed E-state index contributed by atoms with van der Waals surface area (Å²) in [6, 6.07) is 14.3. The molecule has 9 heteroatoms. The first-order valence-corrected chi connectivity index (χ1v) is 10.5. The molecule has 2 aliphatic rings. The standard InChI is InChI=1S/C22H19N3O5S/c1-13-18(21(27)30-12-15-7-4-3-5-8-15)19(16-9-6-10-17(11-16)25(28)29)24-20(26)14(2)31-22(24)23-13/h3-11,14,19H,12H2,1-2H3/t14-,19-/m1/s1. The van der Waals surface area contributed by atoms with E-state index in [-0.39, 0.29) is 29.0 Å². The molecule has 0 spiro atoms. The minimum absolute atomic E-state index is 0.0633. The van der Waals surface area contributed by atoms with Crippen molar-refractivity contribution >= 4 is 34.5 Å². The highest BCUT2D eigenvalue weighted by molar-refractivity contribution is 8.15. The highest BCUT2D eigenvalue weighted by atomic mass is 32.2. The van der Waals surface area contributed by atoms with Crippen molar-refractivity contribution in [2.75, 3.05) is 0 Å². The van der Waals surface area contributed by atoms with Gasteiger partial charge < -0.3 is 4.74 Å². The Kier molecular flexibility index (Phi) is 5.60. The summed E-state index contributed by atoms with van der Waals surface area (Å²) in [6.45, 7) is 3.51. The van der Waals surface area contributed by atoms with Gasteiger partial charge in [0.2, 0.25) is 5.91 Å². The zero-order valence-corrected chi connectivity index (χ0v) is 17.7. The van der Waals surface area contributed by atoms with Crippen LogP contribution in [0.1, 0.15) is 31.0 Å². The summed E-state index contributed by atoms with van der Waals surface area (Å²) in [7, 11) is 0. The molecule has 0 bridgehead atoms. The Labute approximate surface area is 182 Å². The average molecular weight is 437 g/mol. The van der Waals surface area contributed by atoms with Gasteiger partial charge in [-0.2, -0.15) is 0 Å². The van der Waals surface area contributed by atoms with Crippen molar-refractivity contribution in [2.24, 2.45) is 4.99 Å². The Morgan fingerprint density at radius 1 is 1.23 bits per heavy atom. The predicted octanol–water partition coefficient (Wildman–Crippen LogP) is 3.99. The molecule has 4 rings (SSSR count). The molecule has 0 aromatic heterocycles. The smallest absolute Gasteiger partial charge is 0.338 e. The summed E-state index contributed by atoms with van der Waals surface area (Å²) in [6.07, 6.45) is 0. The predicted molar refractivity (Wildman–Crippen MR) is 116 cm³/mol. The minimum Gasteiger partial charge on any atom is -0.457 e. The van der Waals surface area contributed by atoms with E-state index in [0.29, 0.717) is 16.4 Å². The number of fused-ring (bicyclic) bond motifs is 1. The number of carbonyl (C=O) groups excluding carboxylic acids is 2. The molecule has 8 nitrogen and oxygen atoms in total. The van der Waals surface area contributed by atoms with Gasteiger partial charge >= 0.3 is 5.97 Å². The molecule has 1 fully saturated rings. The molecule has 2 atom stereocenters. The van der Waals surface area contributed by atoms with Gasteiger partial charge in [0, 0.05) is 12.1 Å². The Balaban J connectivity index is 1.74. The average Bonchev–Trinajstić information content (AvgIpc) is 3.04. The van der Waals surface area contributed by atoms with E-state index in [9.17, 15) is 19.7 Å². The second kappa shape index (κ2) is 8.35. The number of benzene rings is 2. The van der Waals surface area contributed by atoms with Gasteiger partial charge in [-0.1, -0.05) is 54.2 Å². The van der Waals surface area contributed by atoms with E-state index in [1.807, 2.05) is 30.3 Å². The first kappa shape index (κ1) is 20.8. The SMILES string of the molecule is CC1=C(C(=O)OCc2ccccc2)[C@@H](c2cccc([N+](=O)[O-])c2)N2C(=O)[C@@H](C)SC2=N1. The Hall–Kier alpha value is -3.46. The number of hydrogen-bond donors (Lipinski definition) is 0. The van der Waals surface area contributed by atoms with Crippen LogP contribution in [0.15, 0.2) is 70.9 Å². The first-order valence-electron chi connectivity index (χ1n) is 9.61. The molecule has 0 radical (unpaired) electrons. The van der Waals surface area contributed by atoms with Gasteiger partial charge in [0.15, 0.2) is 5.17 Å². The number of aliphatic imine (C=N–C) groups is 1. The monoisotopic (exact) mass is 437 g/mol. The van der Waals surface area contributed by atoms with Crippen molar-refractivity contribution in [3.05, 3.63) is 87.1 Å². The van der Waals surface area contributed by atoms with Gasteiger partial charge in [0.25, 0.3) is 5.69 Å². The van der Waals surface area contributed by atoms with Crippen molar-refractivity contribution in [3.8, 4) is 0 Å². The van der Waals surface area contributed by atoms with Crippen LogP contribution >= 0.6 is 11.8 Å². The Morgan fingerprint density at radius 2 is 1.97 bits per heavy atom. The normalized spacial score (nSPS) is 20.4. The van der Waals surface area contributed by atoms with Crippen LogP contribution in [0.4, 0.5) is 5.69 Å². The van der Waals surface area contributed by atoms with Crippen LogP contribution in [-0.2, 0) is 20.9 Å². The maximum atomic E-state index is 13.1. The van der Waals surface area contributed by atoms with Gasteiger partial charge in [-0.15, -0.1) is 0 Å². The van der Waals surface area contributed by atoms with Crippen molar-refractivity contribution in [1.29, 1.82) is 0 Å². The minimum atomic E-state index is -0.847. The molecule has 0 aliphatic carbocycles. The second-order valence-electron chi connectivity index (χ2n) is 7.18. The number of amides is 1. The highest BCUT2D eigenvalue weighted by Gasteiger charge is 2.46. The van der Waals surface area contributed by atoms with Crippen molar-refractivity contribution in [3.63, 3.8) is 0 Å². The lowest BCUT2D eigenvalue weighted by Gasteiger charge is -2.32. The fourth-order valence-electron chi connectivity index (χ4n) is 3.59. The number of esters is 1. The number of thioether (sulfide) groups is 1. The molecule has 0 saturated carbocycles. The summed E-state index contributed by atoms with van der Waals surface area (Å²) < 4.78 is 5.53. The molecule has 2 aromatic carbocycles. The summed E-state index contributed by atoms with van der Waals surface area (Å²) >= 11 is 1.30. The topological polar surface area (TPSA) is 102 Å². The number of non-ortho nitro benzene ring substituents is 1. The lowest BCUT2D eigenvalue weighted by Crippen LogP contribution is -2.40. The molecule has 2 aromatic rings. The van der Waals surface area contributed by atoms with E-state index in [2.05, 4.69) is 4.99 Å². The third-order valence-corrected chi connectivity index (χ3v) is 6.14. The zero-order valence-electron chi connectivity index (χ0n) is 16.8. The summed E-state index contributed by atoms with van der Waals surface area (Å²) in [5.41, 5.74) is 1.78. The number of rotatable bonds is 5. The zero-order chi connectivity index (χ0) is 22.1. The number of hydrogen-bond acceptors (Lipinski definition) is 7. The van der Waals surface area contributed by atoms with Crippen LogP contribution in [0.5, 0.6) is 0 Å². The number of carbonyl (C=O) groups is 2. The van der Waals surface area contributed by atoms with Crippen LogP contribution in [-0.4, -0.2) is 32.1 Å². The van der Waals surface area contributed by atoms with Crippen molar-refractivity contribution < 1.29 is 19.2 Å². The molecule has 1 amide bonds. The molecular weight excluding hydrogens is 418 g/mol. The van der Waals surface area contributed by atoms with Crippen LogP contribution in [0, 0.1) is 10.1 Å². The first-order chi connectivity index (χ1) is 14.9. The summed E-state index contributed by atoms with van der Waals surface area (Å²) in [4.78, 5) is 42.8. The van der Waals surface area contributed by atoms with Crippen LogP contribution in [0.3, 0.4) is 0 Å². The lowest BCUT2D eigenvalue weighted by molar-refractivity contribution is -0.384. The molecule has 2 aliphatic heterocycles. The van der Waals surface area contributed by atoms with E-state index in [4.69, 9.17) is 4.74 Å². The number of nitro groups is 1. The number of nitro benzene ring substituents is 1. The van der Waals surface area contributed by atoms with Gasteiger partial charge in [0.05, 0.1) is 27.5 Å². The maximum absolute atomic E-state index is 13.1. The molecule has 2 heterocycles. The fourth-order valence-corrected chi connectivity index (χ4v) is 4.62. The van der Waals surface area contributed by atoms with Crippen molar-refractivity contribution in [2.45, 2.75) is 31.7 Å². The third-order valence-electron chi connectivity index (χ3n) is 5.09.